The van der Waals surface area contributed by atoms with Crippen LogP contribution in [0, 0.1) is 6.92 Å². The van der Waals surface area contributed by atoms with Gasteiger partial charge in [0.25, 0.3) is 0 Å². The number of aromatic carboxylic acids is 1. The van der Waals surface area contributed by atoms with Crippen LogP contribution in [-0.2, 0) is 6.54 Å². The van der Waals surface area contributed by atoms with Gasteiger partial charge in [0, 0.05) is 23.8 Å². The summed E-state index contributed by atoms with van der Waals surface area (Å²) in [7, 11) is 0. The van der Waals surface area contributed by atoms with Crippen molar-refractivity contribution in [3.05, 3.63) is 40.2 Å². The number of nitrogens with zero attached hydrogens (tertiary/aromatic N) is 3. The molecule has 19 heavy (non-hydrogen) atoms. The smallest absolute Gasteiger partial charge is 0.346 e. The molecule has 0 fully saturated rings. The molecule has 0 unspecified atom stereocenters. The molecule has 0 amide bonds. The van der Waals surface area contributed by atoms with Gasteiger partial charge in [-0.15, -0.1) is 11.8 Å². The topological polar surface area (TPSA) is 101 Å². The summed E-state index contributed by atoms with van der Waals surface area (Å²) in [6.07, 6.45) is 3.48. The van der Waals surface area contributed by atoms with Crippen molar-refractivity contribution in [2.24, 2.45) is 0 Å². The van der Waals surface area contributed by atoms with E-state index in [-0.39, 0.29) is 10.6 Å². The molecule has 0 radical (unpaired) electrons. The largest absolute Gasteiger partial charge is 0.478 e. The number of aromatic amines is 1. The number of hydrogen-bond acceptors (Lipinski definition) is 5. The van der Waals surface area contributed by atoms with Crippen molar-refractivity contribution in [2.45, 2.75) is 18.5 Å². The van der Waals surface area contributed by atoms with Crippen LogP contribution in [0.3, 0.4) is 0 Å². The van der Waals surface area contributed by atoms with Crippen LogP contribution in [0.5, 0.6) is 0 Å². The maximum absolute atomic E-state index is 11.3. The van der Waals surface area contributed by atoms with Gasteiger partial charge in [0.05, 0.1) is 6.54 Å². The first-order valence-corrected chi connectivity index (χ1v) is 6.51. The molecule has 7 nitrogen and oxygen atoms in total. The standard InChI is InChI=1S/C11H12N4O3S/c1-7-8(10(16)17)9(14-11(18)13-7)19-6-5-15-4-2-3-12-15/h2-4H,5-6H2,1H3,(H,16,17)(H,13,14,18). The van der Waals surface area contributed by atoms with Crippen molar-refractivity contribution < 1.29 is 9.90 Å². The number of nitrogens with one attached hydrogen (secondary N) is 1. The monoisotopic (exact) mass is 280 g/mol. The molecule has 0 aliphatic rings. The van der Waals surface area contributed by atoms with E-state index in [9.17, 15) is 9.59 Å². The summed E-state index contributed by atoms with van der Waals surface area (Å²) in [6, 6.07) is 1.81. The molecule has 2 aromatic heterocycles. The van der Waals surface area contributed by atoms with E-state index in [0.29, 0.717) is 18.0 Å². The fraction of sp³-hybridized carbons (Fsp3) is 0.273. The first kappa shape index (κ1) is 13.3. The third-order valence-corrected chi connectivity index (χ3v) is 3.37. The maximum atomic E-state index is 11.3. The summed E-state index contributed by atoms with van der Waals surface area (Å²) >= 11 is 1.23. The van der Waals surface area contributed by atoms with Crippen LogP contribution in [0.4, 0.5) is 0 Å². The lowest BCUT2D eigenvalue weighted by Gasteiger charge is -2.06. The second-order valence-electron chi connectivity index (χ2n) is 3.77. The number of hydrogen-bond donors (Lipinski definition) is 2. The third-order valence-electron chi connectivity index (χ3n) is 2.42. The van der Waals surface area contributed by atoms with Gasteiger partial charge in [0.1, 0.15) is 10.6 Å². The van der Waals surface area contributed by atoms with E-state index in [1.54, 1.807) is 17.8 Å². The number of thioether (sulfide) groups is 1. The number of rotatable bonds is 5. The van der Waals surface area contributed by atoms with Gasteiger partial charge in [0.2, 0.25) is 0 Å². The molecule has 2 heterocycles. The lowest BCUT2D eigenvalue weighted by molar-refractivity contribution is 0.0690. The number of carboxylic acids is 1. The van der Waals surface area contributed by atoms with Crippen molar-refractivity contribution in [3.8, 4) is 0 Å². The lowest BCUT2D eigenvalue weighted by Crippen LogP contribution is -2.18. The molecular formula is C11H12N4O3S. The molecule has 2 N–H and O–H groups in total. The summed E-state index contributed by atoms with van der Waals surface area (Å²) in [5.74, 6) is -0.513. The predicted octanol–water partition coefficient (Wildman–Crippen LogP) is 0.765. The quantitative estimate of drug-likeness (QED) is 0.619. The average molecular weight is 280 g/mol. The average Bonchev–Trinajstić information content (AvgIpc) is 2.80. The molecule has 2 rings (SSSR count). The Bertz CT molecular complexity index is 636. The molecule has 100 valence electrons. The minimum atomic E-state index is -1.09. The molecule has 8 heteroatoms. The van der Waals surface area contributed by atoms with Crippen LogP contribution in [0.1, 0.15) is 16.1 Å². The van der Waals surface area contributed by atoms with Gasteiger partial charge < -0.3 is 10.1 Å². The van der Waals surface area contributed by atoms with Crippen molar-refractivity contribution in [1.82, 2.24) is 19.7 Å². The van der Waals surface area contributed by atoms with E-state index in [1.807, 2.05) is 12.3 Å². The predicted molar refractivity (Wildman–Crippen MR) is 69.5 cm³/mol. The van der Waals surface area contributed by atoms with E-state index in [2.05, 4.69) is 15.1 Å². The number of carboxylic acid groups (broad SMARTS) is 1. The second-order valence-corrected chi connectivity index (χ2v) is 4.85. The zero-order chi connectivity index (χ0) is 13.8. The van der Waals surface area contributed by atoms with E-state index in [1.165, 1.54) is 11.8 Å². The van der Waals surface area contributed by atoms with Crippen LogP contribution < -0.4 is 5.69 Å². The van der Waals surface area contributed by atoms with Gasteiger partial charge in [-0.1, -0.05) is 0 Å². The highest BCUT2D eigenvalue weighted by Gasteiger charge is 2.16. The highest BCUT2D eigenvalue weighted by molar-refractivity contribution is 7.99. The summed E-state index contributed by atoms with van der Waals surface area (Å²) in [6.45, 7) is 2.16. The molecule has 0 aromatic carbocycles. The van der Waals surface area contributed by atoms with Crippen LogP contribution in [0.15, 0.2) is 28.3 Å². The highest BCUT2D eigenvalue weighted by atomic mass is 32.2. The Kier molecular flexibility index (Phi) is 4.00. The third kappa shape index (κ3) is 3.22. The Morgan fingerprint density at radius 1 is 1.58 bits per heavy atom. The van der Waals surface area contributed by atoms with E-state index in [4.69, 9.17) is 5.11 Å². The van der Waals surface area contributed by atoms with Crippen LogP contribution in [-0.4, -0.2) is 36.6 Å². The van der Waals surface area contributed by atoms with Gasteiger partial charge >= 0.3 is 11.7 Å². The number of aryl methyl sites for hydroxylation is 2. The molecule has 0 aliphatic heterocycles. The van der Waals surface area contributed by atoms with Gasteiger partial charge in [-0.3, -0.25) is 4.68 Å². The van der Waals surface area contributed by atoms with Crippen LogP contribution in [0.25, 0.3) is 0 Å². The van der Waals surface area contributed by atoms with E-state index < -0.39 is 11.7 Å². The highest BCUT2D eigenvalue weighted by Crippen LogP contribution is 2.20. The summed E-state index contributed by atoms with van der Waals surface area (Å²) in [5.41, 5.74) is -0.178. The Morgan fingerprint density at radius 2 is 2.37 bits per heavy atom. The Labute approximate surface area is 112 Å². The molecule has 0 saturated carbocycles. The molecule has 0 saturated heterocycles. The Morgan fingerprint density at radius 3 is 3.00 bits per heavy atom. The minimum absolute atomic E-state index is 0.0464. The first-order chi connectivity index (χ1) is 9.08. The van der Waals surface area contributed by atoms with E-state index in [0.717, 1.165) is 0 Å². The molecule has 0 atom stereocenters. The maximum Gasteiger partial charge on any atom is 0.346 e. The van der Waals surface area contributed by atoms with Crippen LogP contribution >= 0.6 is 11.8 Å². The first-order valence-electron chi connectivity index (χ1n) is 5.52. The van der Waals surface area contributed by atoms with Gasteiger partial charge in [-0.05, 0) is 13.0 Å². The molecule has 2 aromatic rings. The van der Waals surface area contributed by atoms with Gasteiger partial charge in [-0.2, -0.15) is 10.1 Å². The van der Waals surface area contributed by atoms with Crippen molar-refractivity contribution in [1.29, 1.82) is 0 Å². The minimum Gasteiger partial charge on any atom is -0.478 e. The van der Waals surface area contributed by atoms with Crippen molar-refractivity contribution in [3.63, 3.8) is 0 Å². The summed E-state index contributed by atoms with van der Waals surface area (Å²) in [4.78, 5) is 28.5. The number of H-pyrrole nitrogens is 1. The fourth-order valence-electron chi connectivity index (χ4n) is 1.58. The number of carbonyl (C=O) groups is 1. The fourth-order valence-corrected chi connectivity index (χ4v) is 2.59. The Hall–Kier alpha value is -2.09. The Balaban J connectivity index is 2.15. The number of aromatic nitrogens is 4. The SMILES string of the molecule is Cc1[nH]c(=O)nc(SCCn2cccn2)c1C(=O)O. The molecule has 0 spiro atoms. The van der Waals surface area contributed by atoms with Crippen LogP contribution in [0.2, 0.25) is 0 Å². The van der Waals surface area contributed by atoms with Crippen molar-refractivity contribution >= 4 is 17.7 Å². The normalized spacial score (nSPS) is 10.6. The zero-order valence-electron chi connectivity index (χ0n) is 10.2. The second kappa shape index (κ2) is 5.70. The van der Waals surface area contributed by atoms with Crippen molar-refractivity contribution in [2.75, 3.05) is 5.75 Å². The molecular weight excluding hydrogens is 268 g/mol. The van der Waals surface area contributed by atoms with Gasteiger partial charge in [-0.25, -0.2) is 9.59 Å². The summed E-state index contributed by atoms with van der Waals surface area (Å²) in [5, 5.41) is 13.4. The molecule has 0 bridgehead atoms. The van der Waals surface area contributed by atoms with E-state index >= 15 is 0 Å². The zero-order valence-corrected chi connectivity index (χ0v) is 11.0. The summed E-state index contributed by atoms with van der Waals surface area (Å²) < 4.78 is 1.73. The molecule has 0 aliphatic carbocycles. The lowest BCUT2D eigenvalue weighted by atomic mass is 10.2. The van der Waals surface area contributed by atoms with Gasteiger partial charge in [0.15, 0.2) is 0 Å².